The highest BCUT2D eigenvalue weighted by atomic mass is 35.5. The Morgan fingerprint density at radius 1 is 1.37 bits per heavy atom. The summed E-state index contributed by atoms with van der Waals surface area (Å²) in [5.74, 6) is -0.353. The Bertz CT molecular complexity index is 725. The predicted molar refractivity (Wildman–Crippen MR) is 103 cm³/mol. The number of rotatable bonds is 6. The quantitative estimate of drug-likeness (QED) is 0.743. The molecule has 0 aromatic heterocycles. The number of benzene rings is 1. The molecule has 1 saturated heterocycles. The number of hydrogen-bond acceptors (Lipinski definition) is 5. The van der Waals surface area contributed by atoms with Crippen LogP contribution >= 0.6 is 11.6 Å². The molecule has 1 aromatic rings. The number of carboxylic acids is 1. The average molecular weight is 396 g/mol. The summed E-state index contributed by atoms with van der Waals surface area (Å²) in [7, 11) is 1.52. The maximum Gasteiger partial charge on any atom is 0.341 e. The number of piperidine rings is 1. The van der Waals surface area contributed by atoms with E-state index in [2.05, 4.69) is 17.9 Å². The van der Waals surface area contributed by atoms with Crippen molar-refractivity contribution < 1.29 is 24.1 Å². The zero-order valence-corrected chi connectivity index (χ0v) is 16.6. The number of aliphatic carboxylic acids is 1. The first-order chi connectivity index (χ1) is 12.9. The van der Waals surface area contributed by atoms with E-state index < -0.39 is 12.6 Å². The maximum atomic E-state index is 10.7. The van der Waals surface area contributed by atoms with Crippen LogP contribution in [0.5, 0.6) is 11.5 Å². The second kappa shape index (κ2) is 8.50. The van der Waals surface area contributed by atoms with Crippen molar-refractivity contribution in [2.45, 2.75) is 38.3 Å². The molecule has 6 nitrogen and oxygen atoms in total. The van der Waals surface area contributed by atoms with Gasteiger partial charge in [0, 0.05) is 19.6 Å². The molecule has 1 fully saturated rings. The molecule has 0 bridgehead atoms. The number of hydrogen-bond donors (Lipinski definition) is 1. The molecule has 0 radical (unpaired) electrons. The number of carbonyl (C=O) groups is 1. The summed E-state index contributed by atoms with van der Waals surface area (Å²) < 4.78 is 16.7. The summed E-state index contributed by atoms with van der Waals surface area (Å²) in [5.41, 5.74) is 2.33. The molecule has 0 atom stereocenters. The van der Waals surface area contributed by atoms with Gasteiger partial charge in [0.25, 0.3) is 0 Å². The molecule has 2 aliphatic heterocycles. The highest BCUT2D eigenvalue weighted by Gasteiger charge is 2.35. The van der Waals surface area contributed by atoms with Crippen molar-refractivity contribution >= 4 is 17.6 Å². The van der Waals surface area contributed by atoms with Crippen molar-refractivity contribution in [1.82, 2.24) is 4.90 Å². The number of halogens is 1. The lowest BCUT2D eigenvalue weighted by Crippen LogP contribution is -2.46. The van der Waals surface area contributed by atoms with Crippen LogP contribution in [0.4, 0.5) is 0 Å². The van der Waals surface area contributed by atoms with E-state index in [1.54, 1.807) is 0 Å². The zero-order chi connectivity index (χ0) is 19.4. The Balaban J connectivity index is 1.65. The van der Waals surface area contributed by atoms with Crippen molar-refractivity contribution in [3.63, 3.8) is 0 Å². The first kappa shape index (κ1) is 20.0. The second-order valence-corrected chi connectivity index (χ2v) is 7.63. The van der Waals surface area contributed by atoms with Gasteiger partial charge in [-0.2, -0.15) is 0 Å². The van der Waals surface area contributed by atoms with Gasteiger partial charge in [-0.25, -0.2) is 4.79 Å². The predicted octanol–water partition coefficient (Wildman–Crippen LogP) is 3.51. The molecule has 0 aliphatic carbocycles. The van der Waals surface area contributed by atoms with Gasteiger partial charge < -0.3 is 19.3 Å². The monoisotopic (exact) mass is 395 g/mol. The largest absolute Gasteiger partial charge is 0.493 e. The Hall–Kier alpha value is -1.76. The number of ether oxygens (including phenoxy) is 3. The van der Waals surface area contributed by atoms with Crippen LogP contribution in [0.1, 0.15) is 31.7 Å². The van der Waals surface area contributed by atoms with Crippen molar-refractivity contribution in [3.8, 4) is 11.5 Å². The van der Waals surface area contributed by atoms with Gasteiger partial charge in [0.15, 0.2) is 18.1 Å². The minimum atomic E-state index is -1.06. The molecule has 27 heavy (non-hydrogen) atoms. The molecule has 3 rings (SSSR count). The molecule has 0 amide bonds. The summed E-state index contributed by atoms with van der Waals surface area (Å²) >= 11 is 6.30. The molecule has 2 aliphatic rings. The normalized spacial score (nSPS) is 19.6. The maximum absolute atomic E-state index is 10.7. The first-order valence-electron chi connectivity index (χ1n) is 9.16. The summed E-state index contributed by atoms with van der Waals surface area (Å²) in [6.45, 7) is 5.17. The molecule has 0 unspecified atom stereocenters. The standard InChI is InChI=1S/C20H26ClNO5/c1-14-3-8-27-20(11-14)4-6-22(7-5-20)12-15-9-16(21)19(17(10-15)25-2)26-13-18(23)24/h9-11H,3-8,12-13H2,1-2H3,(H,23,24). The molecule has 1 aromatic carbocycles. The fourth-order valence-corrected chi connectivity index (χ4v) is 4.04. The third kappa shape index (κ3) is 4.94. The minimum absolute atomic E-state index is 0.0945. The van der Waals surface area contributed by atoms with Gasteiger partial charge >= 0.3 is 5.97 Å². The average Bonchev–Trinajstić information content (AvgIpc) is 2.62. The van der Waals surface area contributed by atoms with E-state index in [9.17, 15) is 4.79 Å². The van der Waals surface area contributed by atoms with Gasteiger partial charge in [0.05, 0.1) is 24.3 Å². The number of methoxy groups -OCH3 is 1. The van der Waals surface area contributed by atoms with Crippen molar-refractivity contribution in [3.05, 3.63) is 34.4 Å². The van der Waals surface area contributed by atoms with Gasteiger partial charge in [-0.1, -0.05) is 23.3 Å². The molecule has 2 heterocycles. The third-order valence-corrected chi connectivity index (χ3v) is 5.41. The molecule has 1 N–H and O–H groups in total. The van der Waals surface area contributed by atoms with Gasteiger partial charge in [-0.05, 0) is 43.9 Å². The minimum Gasteiger partial charge on any atom is -0.493 e. The van der Waals surface area contributed by atoms with E-state index in [4.69, 9.17) is 30.9 Å². The fourth-order valence-electron chi connectivity index (χ4n) is 3.75. The van der Waals surface area contributed by atoms with Gasteiger partial charge in [0.2, 0.25) is 0 Å². The van der Waals surface area contributed by atoms with E-state index in [1.807, 2.05) is 12.1 Å². The Morgan fingerprint density at radius 2 is 2.11 bits per heavy atom. The van der Waals surface area contributed by atoms with Crippen LogP contribution in [0.15, 0.2) is 23.8 Å². The van der Waals surface area contributed by atoms with Crippen LogP contribution in [0.2, 0.25) is 5.02 Å². The second-order valence-electron chi connectivity index (χ2n) is 7.22. The van der Waals surface area contributed by atoms with E-state index in [1.165, 1.54) is 12.7 Å². The van der Waals surface area contributed by atoms with Crippen LogP contribution in [0.25, 0.3) is 0 Å². The van der Waals surface area contributed by atoms with Crippen LogP contribution < -0.4 is 9.47 Å². The van der Waals surface area contributed by atoms with Crippen molar-refractivity contribution in [1.29, 1.82) is 0 Å². The van der Waals surface area contributed by atoms with E-state index in [-0.39, 0.29) is 11.4 Å². The smallest absolute Gasteiger partial charge is 0.341 e. The van der Waals surface area contributed by atoms with Crippen molar-refractivity contribution in [2.75, 3.05) is 33.4 Å². The Labute approximate surface area is 164 Å². The van der Waals surface area contributed by atoms with Gasteiger partial charge in [-0.3, -0.25) is 4.90 Å². The van der Waals surface area contributed by atoms with E-state index in [0.717, 1.165) is 51.1 Å². The van der Waals surface area contributed by atoms with Crippen LogP contribution in [0.3, 0.4) is 0 Å². The number of likely N-dealkylation sites (tertiary alicyclic amines) is 1. The van der Waals surface area contributed by atoms with Gasteiger partial charge in [-0.15, -0.1) is 0 Å². The molecular formula is C20H26ClNO5. The topological polar surface area (TPSA) is 68.2 Å². The molecule has 1 spiro atoms. The number of nitrogens with zero attached hydrogens (tertiary/aromatic N) is 1. The summed E-state index contributed by atoms with van der Waals surface area (Å²) in [6.07, 6.45) is 5.30. The Morgan fingerprint density at radius 3 is 2.74 bits per heavy atom. The lowest BCUT2D eigenvalue weighted by atomic mass is 9.87. The van der Waals surface area contributed by atoms with Crippen LogP contribution in [0, 0.1) is 0 Å². The van der Waals surface area contributed by atoms with E-state index in [0.29, 0.717) is 10.8 Å². The third-order valence-electron chi connectivity index (χ3n) is 5.13. The van der Waals surface area contributed by atoms with Crippen LogP contribution in [-0.2, 0) is 16.1 Å². The summed E-state index contributed by atoms with van der Waals surface area (Å²) in [6, 6.07) is 3.67. The SMILES string of the molecule is COc1cc(CN2CCC3(C=C(C)CCO3)CC2)cc(Cl)c1OCC(=O)O. The summed E-state index contributed by atoms with van der Waals surface area (Å²) in [4.78, 5) is 13.1. The molecule has 0 saturated carbocycles. The Kier molecular flexibility index (Phi) is 6.29. The lowest BCUT2D eigenvalue weighted by molar-refractivity contribution is -0.139. The molecule has 7 heteroatoms. The fraction of sp³-hybridized carbons (Fsp3) is 0.550. The zero-order valence-electron chi connectivity index (χ0n) is 15.8. The van der Waals surface area contributed by atoms with E-state index >= 15 is 0 Å². The van der Waals surface area contributed by atoms with Crippen molar-refractivity contribution in [2.24, 2.45) is 0 Å². The van der Waals surface area contributed by atoms with Crippen LogP contribution in [-0.4, -0.2) is 55.0 Å². The highest BCUT2D eigenvalue weighted by Crippen LogP contribution is 2.38. The molecular weight excluding hydrogens is 370 g/mol. The first-order valence-corrected chi connectivity index (χ1v) is 9.54. The highest BCUT2D eigenvalue weighted by molar-refractivity contribution is 6.32. The number of carboxylic acid groups (broad SMARTS) is 1. The lowest BCUT2D eigenvalue weighted by Gasteiger charge is -2.42. The summed E-state index contributed by atoms with van der Waals surface area (Å²) in [5, 5.41) is 9.15. The van der Waals surface area contributed by atoms with Gasteiger partial charge in [0.1, 0.15) is 0 Å². The molecule has 148 valence electrons.